The Morgan fingerprint density at radius 3 is 2.24 bits per heavy atom. The standard InChI is InChI=1S/C10H20N2O4S/c1-8-5-12(6-9(2)16-8)10(13)7-11(3)17(4,14)15/h8-9H,5-7H2,1-4H3. The van der Waals surface area contributed by atoms with E-state index < -0.39 is 10.0 Å². The molecule has 0 radical (unpaired) electrons. The highest BCUT2D eigenvalue weighted by Crippen LogP contribution is 2.11. The summed E-state index contributed by atoms with van der Waals surface area (Å²) < 4.78 is 29.0. The van der Waals surface area contributed by atoms with Gasteiger partial charge in [0.2, 0.25) is 15.9 Å². The van der Waals surface area contributed by atoms with E-state index >= 15 is 0 Å². The molecule has 1 heterocycles. The van der Waals surface area contributed by atoms with E-state index in [1.165, 1.54) is 7.05 Å². The molecule has 17 heavy (non-hydrogen) atoms. The van der Waals surface area contributed by atoms with Crippen LogP contribution in [0.2, 0.25) is 0 Å². The molecule has 0 bridgehead atoms. The summed E-state index contributed by atoms with van der Waals surface area (Å²) in [7, 11) is -1.91. The van der Waals surface area contributed by atoms with Gasteiger partial charge in [-0.05, 0) is 13.8 Å². The molecule has 1 fully saturated rings. The lowest BCUT2D eigenvalue weighted by atomic mass is 10.2. The smallest absolute Gasteiger partial charge is 0.238 e. The van der Waals surface area contributed by atoms with Gasteiger partial charge in [0.05, 0.1) is 25.0 Å². The van der Waals surface area contributed by atoms with E-state index in [0.717, 1.165) is 10.6 Å². The Bertz CT molecular complexity index is 372. The number of amides is 1. The Morgan fingerprint density at radius 1 is 1.35 bits per heavy atom. The number of hydrogen-bond acceptors (Lipinski definition) is 4. The zero-order valence-electron chi connectivity index (χ0n) is 10.7. The maximum atomic E-state index is 11.9. The molecule has 1 aliphatic rings. The van der Waals surface area contributed by atoms with Crippen molar-refractivity contribution in [2.45, 2.75) is 26.1 Å². The van der Waals surface area contributed by atoms with E-state index in [2.05, 4.69) is 0 Å². The third-order valence-electron chi connectivity index (χ3n) is 2.70. The van der Waals surface area contributed by atoms with E-state index in [9.17, 15) is 13.2 Å². The van der Waals surface area contributed by atoms with Crippen molar-refractivity contribution >= 4 is 15.9 Å². The van der Waals surface area contributed by atoms with E-state index in [-0.39, 0.29) is 24.7 Å². The zero-order chi connectivity index (χ0) is 13.2. The molecule has 2 atom stereocenters. The molecule has 0 aromatic heterocycles. The van der Waals surface area contributed by atoms with Crippen molar-refractivity contribution in [1.29, 1.82) is 0 Å². The first kappa shape index (κ1) is 14.4. The number of likely N-dealkylation sites (N-methyl/N-ethyl adjacent to an activating group) is 1. The summed E-state index contributed by atoms with van der Waals surface area (Å²) in [6.07, 6.45) is 1.07. The fourth-order valence-electron chi connectivity index (χ4n) is 1.79. The predicted octanol–water partition coefficient (Wildman–Crippen LogP) is -0.486. The van der Waals surface area contributed by atoms with E-state index in [1.807, 2.05) is 13.8 Å². The van der Waals surface area contributed by atoms with Crippen LogP contribution in [0.5, 0.6) is 0 Å². The van der Waals surface area contributed by atoms with Gasteiger partial charge in [0, 0.05) is 20.1 Å². The summed E-state index contributed by atoms with van der Waals surface area (Å²) in [5.41, 5.74) is 0. The summed E-state index contributed by atoms with van der Waals surface area (Å²) in [5, 5.41) is 0. The minimum atomic E-state index is -3.31. The van der Waals surface area contributed by atoms with E-state index in [1.54, 1.807) is 4.90 Å². The monoisotopic (exact) mass is 264 g/mol. The number of morpholine rings is 1. The normalized spacial score (nSPS) is 26.3. The molecule has 6 nitrogen and oxygen atoms in total. The molecule has 1 amide bonds. The summed E-state index contributed by atoms with van der Waals surface area (Å²) in [4.78, 5) is 13.6. The third kappa shape index (κ3) is 4.25. The van der Waals surface area contributed by atoms with Gasteiger partial charge in [-0.25, -0.2) is 8.42 Å². The highest BCUT2D eigenvalue weighted by Gasteiger charge is 2.27. The van der Waals surface area contributed by atoms with Gasteiger partial charge < -0.3 is 9.64 Å². The van der Waals surface area contributed by atoms with Crippen LogP contribution in [0.25, 0.3) is 0 Å². The summed E-state index contributed by atoms with van der Waals surface area (Å²) in [5.74, 6) is -0.181. The minimum absolute atomic E-state index is 0.00811. The molecule has 0 aromatic rings. The molecule has 1 aliphatic heterocycles. The summed E-state index contributed by atoms with van der Waals surface area (Å²) >= 11 is 0. The molecule has 0 saturated carbocycles. The lowest BCUT2D eigenvalue weighted by Crippen LogP contribution is -2.51. The molecule has 2 unspecified atom stereocenters. The summed E-state index contributed by atoms with van der Waals surface area (Å²) in [6.45, 7) is 4.71. The van der Waals surface area contributed by atoms with Crippen molar-refractivity contribution in [2.24, 2.45) is 0 Å². The molecule has 0 spiro atoms. The van der Waals surface area contributed by atoms with Crippen molar-refractivity contribution in [3.63, 3.8) is 0 Å². The topological polar surface area (TPSA) is 66.9 Å². The fourth-order valence-corrected chi connectivity index (χ4v) is 2.13. The second-order valence-corrected chi connectivity index (χ2v) is 6.66. The molecule has 0 aromatic carbocycles. The van der Waals surface area contributed by atoms with Gasteiger partial charge in [-0.3, -0.25) is 4.79 Å². The third-order valence-corrected chi connectivity index (χ3v) is 3.96. The Kier molecular flexibility index (Phi) is 4.51. The van der Waals surface area contributed by atoms with Gasteiger partial charge in [-0.15, -0.1) is 0 Å². The van der Waals surface area contributed by atoms with Crippen LogP contribution in [-0.4, -0.2) is 68.7 Å². The molecule has 0 N–H and O–H groups in total. The lowest BCUT2D eigenvalue weighted by Gasteiger charge is -2.35. The average molecular weight is 264 g/mol. The Hall–Kier alpha value is -0.660. The second-order valence-electron chi connectivity index (χ2n) is 4.58. The fraction of sp³-hybridized carbons (Fsp3) is 0.900. The number of sulfonamides is 1. The van der Waals surface area contributed by atoms with Gasteiger partial charge in [-0.1, -0.05) is 0 Å². The quantitative estimate of drug-likeness (QED) is 0.690. The van der Waals surface area contributed by atoms with Gasteiger partial charge in [0.1, 0.15) is 0 Å². The molecular formula is C10H20N2O4S. The Balaban J connectivity index is 2.59. The first-order valence-electron chi connectivity index (χ1n) is 5.54. The first-order valence-corrected chi connectivity index (χ1v) is 7.39. The van der Waals surface area contributed by atoms with Crippen LogP contribution >= 0.6 is 0 Å². The van der Waals surface area contributed by atoms with Crippen LogP contribution in [0, 0.1) is 0 Å². The molecule has 100 valence electrons. The molecule has 7 heteroatoms. The number of rotatable bonds is 3. The number of carbonyl (C=O) groups excluding carboxylic acids is 1. The first-order chi connectivity index (χ1) is 7.70. The van der Waals surface area contributed by atoms with Gasteiger partial charge in [-0.2, -0.15) is 4.31 Å². The predicted molar refractivity (Wildman–Crippen MR) is 64.1 cm³/mol. The van der Waals surface area contributed by atoms with Gasteiger partial charge in [0.15, 0.2) is 0 Å². The molecule has 1 rings (SSSR count). The number of hydrogen-bond donors (Lipinski definition) is 0. The summed E-state index contributed by atoms with van der Waals surface area (Å²) in [6, 6.07) is 0. The molecule has 0 aliphatic carbocycles. The van der Waals surface area contributed by atoms with Crippen LogP contribution < -0.4 is 0 Å². The van der Waals surface area contributed by atoms with Crippen LogP contribution in [0.4, 0.5) is 0 Å². The SMILES string of the molecule is CC1CN(C(=O)CN(C)S(C)(=O)=O)CC(C)O1. The Labute approximate surface area is 103 Å². The van der Waals surface area contributed by atoms with Crippen molar-refractivity contribution in [1.82, 2.24) is 9.21 Å². The van der Waals surface area contributed by atoms with Crippen molar-refractivity contribution in [3.05, 3.63) is 0 Å². The molecule has 1 saturated heterocycles. The van der Waals surface area contributed by atoms with Crippen LogP contribution in [0.3, 0.4) is 0 Å². The van der Waals surface area contributed by atoms with E-state index in [0.29, 0.717) is 13.1 Å². The average Bonchev–Trinajstić information content (AvgIpc) is 2.14. The van der Waals surface area contributed by atoms with E-state index in [4.69, 9.17) is 4.74 Å². The number of carbonyl (C=O) groups is 1. The maximum Gasteiger partial charge on any atom is 0.238 e. The maximum absolute atomic E-state index is 11.9. The van der Waals surface area contributed by atoms with Crippen LogP contribution in [0.1, 0.15) is 13.8 Å². The van der Waals surface area contributed by atoms with Crippen molar-refractivity contribution < 1.29 is 17.9 Å². The minimum Gasteiger partial charge on any atom is -0.372 e. The van der Waals surface area contributed by atoms with Gasteiger partial charge >= 0.3 is 0 Å². The molecular weight excluding hydrogens is 244 g/mol. The van der Waals surface area contributed by atoms with Crippen molar-refractivity contribution in [3.8, 4) is 0 Å². The Morgan fingerprint density at radius 2 is 1.82 bits per heavy atom. The zero-order valence-corrected chi connectivity index (χ0v) is 11.5. The highest BCUT2D eigenvalue weighted by molar-refractivity contribution is 7.88. The van der Waals surface area contributed by atoms with Crippen LogP contribution in [-0.2, 0) is 19.6 Å². The lowest BCUT2D eigenvalue weighted by molar-refractivity contribution is -0.143. The highest BCUT2D eigenvalue weighted by atomic mass is 32.2. The van der Waals surface area contributed by atoms with Crippen LogP contribution in [0.15, 0.2) is 0 Å². The van der Waals surface area contributed by atoms with Crippen molar-refractivity contribution in [2.75, 3.05) is 32.9 Å². The number of nitrogens with zero attached hydrogens (tertiary/aromatic N) is 2. The largest absolute Gasteiger partial charge is 0.372 e. The second kappa shape index (κ2) is 5.32. The van der Waals surface area contributed by atoms with Gasteiger partial charge in [0.25, 0.3) is 0 Å². The number of ether oxygens (including phenoxy) is 1.